The van der Waals surface area contributed by atoms with Crippen molar-refractivity contribution in [2.75, 3.05) is 19.8 Å². The summed E-state index contributed by atoms with van der Waals surface area (Å²) in [5, 5.41) is 4.08. The van der Waals surface area contributed by atoms with Gasteiger partial charge in [-0.2, -0.15) is 0 Å². The molecule has 1 aromatic carbocycles. The molecule has 2 rings (SSSR count). The number of likely N-dealkylation sites (N-methyl/N-ethyl adjacent to an activating group) is 1. The Morgan fingerprint density at radius 3 is 2.84 bits per heavy atom. The molecule has 0 aromatic heterocycles. The highest BCUT2D eigenvalue weighted by molar-refractivity contribution is 6.30. The Balaban J connectivity index is 2.08. The third-order valence-corrected chi connectivity index (χ3v) is 3.98. The predicted octanol–water partition coefficient (Wildman–Crippen LogP) is 3.43. The van der Waals surface area contributed by atoms with Crippen LogP contribution in [-0.4, -0.2) is 25.8 Å². The summed E-state index contributed by atoms with van der Waals surface area (Å²) < 4.78 is 19.2. The lowest BCUT2D eigenvalue weighted by Gasteiger charge is -2.31. The summed E-state index contributed by atoms with van der Waals surface area (Å²) in [6, 6.07) is 5.07. The van der Waals surface area contributed by atoms with E-state index < -0.39 is 0 Å². The molecular weight excluding hydrogens is 265 g/mol. The maximum absolute atomic E-state index is 13.8. The van der Waals surface area contributed by atoms with Gasteiger partial charge in [0, 0.05) is 24.3 Å². The first-order chi connectivity index (χ1) is 9.20. The number of benzene rings is 1. The molecule has 1 aromatic rings. The van der Waals surface area contributed by atoms with Crippen LogP contribution in [0.1, 0.15) is 25.3 Å². The van der Waals surface area contributed by atoms with Gasteiger partial charge in [-0.05, 0) is 55.5 Å². The lowest BCUT2D eigenvalue weighted by Crippen LogP contribution is -2.40. The first-order valence-corrected chi connectivity index (χ1v) is 7.33. The van der Waals surface area contributed by atoms with Crippen LogP contribution in [0.2, 0.25) is 5.02 Å². The van der Waals surface area contributed by atoms with Crippen LogP contribution in [0.25, 0.3) is 0 Å². The fourth-order valence-corrected chi connectivity index (χ4v) is 2.92. The molecule has 1 aliphatic rings. The summed E-state index contributed by atoms with van der Waals surface area (Å²) in [5.41, 5.74) is 0.699. The second kappa shape index (κ2) is 7.22. The van der Waals surface area contributed by atoms with Gasteiger partial charge in [-0.15, -0.1) is 0 Å². The molecule has 0 radical (unpaired) electrons. The lowest BCUT2D eigenvalue weighted by atomic mass is 9.87. The van der Waals surface area contributed by atoms with Crippen LogP contribution in [0.15, 0.2) is 18.2 Å². The van der Waals surface area contributed by atoms with E-state index in [-0.39, 0.29) is 5.82 Å². The van der Waals surface area contributed by atoms with Gasteiger partial charge in [0.05, 0.1) is 0 Å². The average molecular weight is 286 g/mol. The zero-order valence-electron chi connectivity index (χ0n) is 11.3. The Kier molecular flexibility index (Phi) is 5.61. The number of hydrogen-bond donors (Lipinski definition) is 1. The van der Waals surface area contributed by atoms with E-state index in [2.05, 4.69) is 12.2 Å². The number of ether oxygens (including phenoxy) is 1. The lowest BCUT2D eigenvalue weighted by molar-refractivity contribution is 0.0539. The molecule has 1 saturated heterocycles. The summed E-state index contributed by atoms with van der Waals surface area (Å²) in [6.45, 7) is 4.60. The second-order valence-electron chi connectivity index (χ2n) is 5.05. The van der Waals surface area contributed by atoms with Crippen molar-refractivity contribution in [3.8, 4) is 0 Å². The van der Waals surface area contributed by atoms with E-state index in [9.17, 15) is 4.39 Å². The summed E-state index contributed by atoms with van der Waals surface area (Å²) in [5.74, 6) is 0.381. The van der Waals surface area contributed by atoms with Crippen molar-refractivity contribution in [1.82, 2.24) is 5.32 Å². The van der Waals surface area contributed by atoms with E-state index in [1.165, 1.54) is 6.07 Å². The van der Waals surface area contributed by atoms with Gasteiger partial charge in [0.2, 0.25) is 0 Å². The minimum Gasteiger partial charge on any atom is -0.381 e. The fraction of sp³-hybridized carbons (Fsp3) is 0.600. The minimum atomic E-state index is -0.167. The Morgan fingerprint density at radius 2 is 2.16 bits per heavy atom. The molecule has 1 atom stereocenters. The van der Waals surface area contributed by atoms with Crippen LogP contribution in [0.3, 0.4) is 0 Å². The molecule has 0 bridgehead atoms. The van der Waals surface area contributed by atoms with Crippen molar-refractivity contribution in [3.05, 3.63) is 34.6 Å². The minimum absolute atomic E-state index is 0.167. The van der Waals surface area contributed by atoms with Gasteiger partial charge in [-0.1, -0.05) is 18.5 Å². The topological polar surface area (TPSA) is 21.3 Å². The van der Waals surface area contributed by atoms with E-state index in [4.69, 9.17) is 16.3 Å². The van der Waals surface area contributed by atoms with E-state index in [1.54, 1.807) is 12.1 Å². The van der Waals surface area contributed by atoms with Gasteiger partial charge >= 0.3 is 0 Å². The molecule has 0 saturated carbocycles. The van der Waals surface area contributed by atoms with Crippen LogP contribution in [0.4, 0.5) is 4.39 Å². The van der Waals surface area contributed by atoms with Crippen LogP contribution >= 0.6 is 11.6 Å². The highest BCUT2D eigenvalue weighted by Gasteiger charge is 2.24. The van der Waals surface area contributed by atoms with Gasteiger partial charge in [0.1, 0.15) is 5.82 Å². The summed E-state index contributed by atoms with van der Waals surface area (Å²) in [7, 11) is 0. The molecule has 1 fully saturated rings. The number of nitrogens with one attached hydrogen (secondary N) is 1. The van der Waals surface area contributed by atoms with Crippen molar-refractivity contribution in [2.24, 2.45) is 5.92 Å². The van der Waals surface area contributed by atoms with Gasteiger partial charge in [-0.25, -0.2) is 4.39 Å². The smallest absolute Gasteiger partial charge is 0.126 e. The maximum atomic E-state index is 13.8. The molecule has 0 amide bonds. The Hall–Kier alpha value is -0.640. The molecule has 1 unspecified atom stereocenters. The van der Waals surface area contributed by atoms with Gasteiger partial charge in [0.15, 0.2) is 0 Å². The molecule has 1 N–H and O–H groups in total. The standard InChI is InChI=1S/C15H21ClFNO/c1-2-18-15(11-5-7-19-8-6-11)10-12-9-13(16)3-4-14(12)17/h3-4,9,11,15,18H,2,5-8,10H2,1H3. The van der Waals surface area contributed by atoms with Crippen molar-refractivity contribution in [2.45, 2.75) is 32.2 Å². The Morgan fingerprint density at radius 1 is 1.42 bits per heavy atom. The van der Waals surface area contributed by atoms with E-state index in [1.807, 2.05) is 0 Å². The highest BCUT2D eigenvalue weighted by Crippen LogP contribution is 2.24. The number of hydrogen-bond acceptors (Lipinski definition) is 2. The van der Waals surface area contributed by atoms with Crippen molar-refractivity contribution >= 4 is 11.6 Å². The van der Waals surface area contributed by atoms with E-state index >= 15 is 0 Å². The third kappa shape index (κ3) is 4.16. The Bertz CT molecular complexity index is 407. The fourth-order valence-electron chi connectivity index (χ4n) is 2.72. The number of halogens is 2. The molecular formula is C15H21ClFNO. The second-order valence-corrected chi connectivity index (χ2v) is 5.49. The van der Waals surface area contributed by atoms with Crippen molar-refractivity contribution in [1.29, 1.82) is 0 Å². The van der Waals surface area contributed by atoms with Crippen LogP contribution in [0.5, 0.6) is 0 Å². The first-order valence-electron chi connectivity index (χ1n) is 6.95. The highest BCUT2D eigenvalue weighted by atomic mass is 35.5. The molecule has 4 heteroatoms. The predicted molar refractivity (Wildman–Crippen MR) is 76.1 cm³/mol. The molecule has 19 heavy (non-hydrogen) atoms. The van der Waals surface area contributed by atoms with Crippen LogP contribution in [-0.2, 0) is 11.2 Å². The van der Waals surface area contributed by atoms with Crippen LogP contribution in [0, 0.1) is 11.7 Å². The third-order valence-electron chi connectivity index (χ3n) is 3.75. The average Bonchev–Trinajstić information content (AvgIpc) is 2.43. The summed E-state index contributed by atoms with van der Waals surface area (Å²) in [4.78, 5) is 0. The van der Waals surface area contributed by atoms with Gasteiger partial charge in [0.25, 0.3) is 0 Å². The first kappa shape index (κ1) is 14.8. The SMILES string of the molecule is CCNC(Cc1cc(Cl)ccc1F)C1CCOCC1. The van der Waals surface area contributed by atoms with Crippen LogP contribution < -0.4 is 5.32 Å². The Labute approximate surface area is 119 Å². The number of rotatable bonds is 5. The maximum Gasteiger partial charge on any atom is 0.126 e. The van der Waals surface area contributed by atoms with Gasteiger partial charge < -0.3 is 10.1 Å². The molecule has 1 aliphatic heterocycles. The molecule has 0 aliphatic carbocycles. The molecule has 1 heterocycles. The summed E-state index contributed by atoms with van der Waals surface area (Å²) >= 11 is 5.96. The largest absolute Gasteiger partial charge is 0.381 e. The molecule has 0 spiro atoms. The van der Waals surface area contributed by atoms with E-state index in [0.717, 1.165) is 32.6 Å². The molecule has 106 valence electrons. The van der Waals surface area contributed by atoms with Crippen molar-refractivity contribution in [3.63, 3.8) is 0 Å². The van der Waals surface area contributed by atoms with Gasteiger partial charge in [-0.3, -0.25) is 0 Å². The van der Waals surface area contributed by atoms with Crippen molar-refractivity contribution < 1.29 is 9.13 Å². The zero-order chi connectivity index (χ0) is 13.7. The zero-order valence-corrected chi connectivity index (χ0v) is 12.0. The quantitative estimate of drug-likeness (QED) is 0.895. The summed E-state index contributed by atoms with van der Waals surface area (Å²) in [6.07, 6.45) is 2.77. The molecule has 2 nitrogen and oxygen atoms in total. The monoisotopic (exact) mass is 285 g/mol. The normalized spacial score (nSPS) is 18.5. The van der Waals surface area contributed by atoms with E-state index in [0.29, 0.717) is 29.0 Å².